The molecule has 18 aromatic rings. The van der Waals surface area contributed by atoms with Crippen LogP contribution in [0, 0.1) is 62.3 Å². The molecule has 0 unspecified atom stereocenters. The van der Waals surface area contributed by atoms with Gasteiger partial charge in [0, 0.05) is 101 Å². The molecule has 143 heavy (non-hydrogen) atoms. The number of aryl methyl sites for hydroxylation is 10. The SMILES string of the molecule is CCc1ccc(Nc2nc(N)nc(-c3cc(Cl)ccc3C)n2)cc1.COc1ccc(OC)c(-c2nc(N)nc(Nc3ccc(C)cc3)n2)c1.Cc1ccc(Nc2nc(-c3cc(Cl)ccc3C)nc(N(C)C)n2)cc1.Cc1ccc(Nc2nc(Cl)nc(-c3cc(Cl)ccc3C)n2)cc1.Cc1ccc(Nc2nc(Cl)nc(-c3cc(Cl)ccc3C)n2)cc1.Cc1ccc(Nc2nc(N)nc(-c3cc(Br)ccc3Cl)n2)cc1. The van der Waals surface area contributed by atoms with E-state index in [0.717, 1.165) is 89.5 Å². The highest BCUT2D eigenvalue weighted by Gasteiger charge is 2.21. The van der Waals surface area contributed by atoms with E-state index in [-0.39, 0.29) is 28.4 Å². The maximum Gasteiger partial charge on any atom is 0.232 e. The van der Waals surface area contributed by atoms with Crippen molar-refractivity contribution in [3.05, 3.63) is 351 Å². The van der Waals surface area contributed by atoms with Gasteiger partial charge in [-0.3, -0.25) is 0 Å². The standard InChI is InChI=1S/C19H20ClN5.C18H18ClN5.C18H19N5O2.2C17H14Cl2N4.C16H13BrClN5/c1-12-5-9-15(10-6-12)21-18-22-17(23-19(24-18)25(3)4)16-11-14(20)8-7-13(16)2;1-3-12-5-8-14(9-6-12)21-18-23-16(22-17(20)24-18)15-10-13(19)7-4-11(15)2;1-11-4-6-12(7-5-11)20-18-22-16(21-17(19)23-18)14-10-13(24-2)8-9-15(14)25-3;2*1-10-3-7-13(8-4-10)20-17-22-15(21-16(19)23-17)14-9-12(18)6-5-11(14)2;1-9-2-5-11(6-3-9)20-16-22-14(21-15(19)23-16)12-8-10(17)4-7-13(12)18/h5-11H,1-4H3,(H,21,22,23,24);4-10H,3H2,1-2H3,(H3,20,21,22,23,24);4-10H,1-3H3,(H3,19,20,21,22,23);2*3-9H,1-2H3,(H,20,21,22,23);2-8H,1H3,(H3,19,20,21,22,23). The van der Waals surface area contributed by atoms with Crippen LogP contribution in [0.2, 0.25) is 35.7 Å². The zero-order valence-corrected chi connectivity index (χ0v) is 86.9. The molecule has 38 heteroatoms. The van der Waals surface area contributed by atoms with Crippen LogP contribution in [0.25, 0.3) is 68.3 Å². The third-order valence-corrected chi connectivity index (χ3v) is 23.0. The van der Waals surface area contributed by atoms with Crippen LogP contribution in [0.3, 0.4) is 0 Å². The van der Waals surface area contributed by atoms with Crippen LogP contribution in [-0.2, 0) is 6.42 Å². The number of anilines is 16. The highest BCUT2D eigenvalue weighted by molar-refractivity contribution is 9.10. The lowest BCUT2D eigenvalue weighted by Crippen LogP contribution is -2.15. The fourth-order valence-corrected chi connectivity index (χ4v) is 14.9. The lowest BCUT2D eigenvalue weighted by Gasteiger charge is -2.14. The molecular formula is C105H98BrCl7N28O2. The molecule has 0 fully saturated rings. The Kier molecular flexibility index (Phi) is 36.6. The van der Waals surface area contributed by atoms with Crippen molar-refractivity contribution in [2.24, 2.45) is 0 Å². The van der Waals surface area contributed by atoms with Gasteiger partial charge < -0.3 is 63.5 Å². The van der Waals surface area contributed by atoms with Crippen molar-refractivity contribution in [3.63, 3.8) is 0 Å². The molecule has 0 bridgehead atoms. The van der Waals surface area contributed by atoms with Gasteiger partial charge in [-0.05, 0) is 277 Å². The predicted molar refractivity (Wildman–Crippen MR) is 585 cm³/mol. The first-order chi connectivity index (χ1) is 68.6. The Morgan fingerprint density at radius 1 is 0.280 bits per heavy atom. The van der Waals surface area contributed by atoms with E-state index in [9.17, 15) is 0 Å². The lowest BCUT2D eigenvalue weighted by molar-refractivity contribution is 0.404. The Hall–Kier alpha value is -15.2. The first kappa shape index (κ1) is 105. The van der Waals surface area contributed by atoms with E-state index >= 15 is 0 Å². The number of benzene rings is 12. The number of nitrogens with two attached hydrogens (primary N) is 3. The normalized spacial score (nSPS) is 10.6. The van der Waals surface area contributed by atoms with Gasteiger partial charge in [0.25, 0.3) is 0 Å². The second-order valence-corrected chi connectivity index (χ2v) is 36.1. The topological polar surface area (TPSA) is 404 Å². The number of nitrogen functional groups attached to an aromatic ring is 3. The van der Waals surface area contributed by atoms with Crippen LogP contribution >= 0.6 is 97.1 Å². The Labute approximate surface area is 871 Å². The highest BCUT2D eigenvalue weighted by atomic mass is 79.9. The lowest BCUT2D eigenvalue weighted by atomic mass is 10.1. The zero-order chi connectivity index (χ0) is 102. The van der Waals surface area contributed by atoms with Crippen molar-refractivity contribution in [3.8, 4) is 79.8 Å². The summed E-state index contributed by atoms with van der Waals surface area (Å²) >= 11 is 46.1. The van der Waals surface area contributed by atoms with Gasteiger partial charge in [-0.15, -0.1) is 0 Å². The molecule has 726 valence electrons. The molecule has 0 amide bonds. The number of halogens is 8. The van der Waals surface area contributed by atoms with E-state index in [1.165, 1.54) is 33.4 Å². The van der Waals surface area contributed by atoms with E-state index in [2.05, 4.69) is 164 Å². The minimum atomic E-state index is 0.115. The summed E-state index contributed by atoms with van der Waals surface area (Å²) in [5.74, 6) is 7.55. The number of rotatable bonds is 22. The summed E-state index contributed by atoms with van der Waals surface area (Å²) in [7, 11) is 6.98. The minimum Gasteiger partial charge on any atom is -0.497 e. The molecule has 12 N–H and O–H groups in total. The highest BCUT2D eigenvalue weighted by Crippen LogP contribution is 2.37. The van der Waals surface area contributed by atoms with Gasteiger partial charge in [0.05, 0.1) is 24.8 Å². The second-order valence-electron chi connectivity index (χ2n) is 32.4. The first-order valence-corrected chi connectivity index (χ1v) is 47.6. The van der Waals surface area contributed by atoms with E-state index in [0.29, 0.717) is 124 Å². The quantitative estimate of drug-likeness (QED) is 0.0304. The number of ether oxygens (including phenoxy) is 2. The van der Waals surface area contributed by atoms with E-state index in [1.54, 1.807) is 38.5 Å². The van der Waals surface area contributed by atoms with Gasteiger partial charge in [0.1, 0.15) is 11.5 Å². The molecular weight excluding hydrogens is 2010 g/mol. The number of hydrogen-bond donors (Lipinski definition) is 9. The Balaban J connectivity index is 0.000000144. The molecule has 0 aliphatic carbocycles. The number of methoxy groups -OCH3 is 2. The fourth-order valence-electron chi connectivity index (χ4n) is 13.3. The van der Waals surface area contributed by atoms with Crippen molar-refractivity contribution < 1.29 is 9.47 Å². The van der Waals surface area contributed by atoms with Crippen molar-refractivity contribution in [2.45, 2.75) is 75.7 Å². The molecule has 6 heterocycles. The number of hydrogen-bond acceptors (Lipinski definition) is 30. The molecule has 0 aliphatic rings. The number of nitrogens with one attached hydrogen (secondary N) is 6. The van der Waals surface area contributed by atoms with Crippen LogP contribution in [0.15, 0.2) is 259 Å². The number of nitrogens with zero attached hydrogens (tertiary/aromatic N) is 19. The summed E-state index contributed by atoms with van der Waals surface area (Å²) in [5, 5.41) is 22.3. The van der Waals surface area contributed by atoms with Crippen LogP contribution in [0.5, 0.6) is 11.5 Å². The van der Waals surface area contributed by atoms with Gasteiger partial charge in [0.15, 0.2) is 34.9 Å². The molecule has 30 nitrogen and oxygen atoms in total. The summed E-state index contributed by atoms with van der Waals surface area (Å²) in [5.41, 5.74) is 38.8. The Bertz CT molecular complexity index is 7120. The molecule has 0 atom stereocenters. The van der Waals surface area contributed by atoms with Crippen molar-refractivity contribution in [1.82, 2.24) is 89.7 Å². The van der Waals surface area contributed by atoms with Crippen molar-refractivity contribution in [2.75, 3.05) is 82.3 Å². The monoisotopic (exact) mass is 2110 g/mol. The summed E-state index contributed by atoms with van der Waals surface area (Å²) < 4.78 is 11.5. The summed E-state index contributed by atoms with van der Waals surface area (Å²) in [6, 6.07) is 81.1. The summed E-state index contributed by atoms with van der Waals surface area (Å²) in [6.07, 6.45) is 0.997. The zero-order valence-electron chi connectivity index (χ0n) is 80.0. The average Bonchev–Trinajstić information content (AvgIpc) is 0.773. The van der Waals surface area contributed by atoms with Gasteiger partial charge in [-0.25, -0.2) is 0 Å². The molecule has 0 aliphatic heterocycles. The van der Waals surface area contributed by atoms with Gasteiger partial charge >= 0.3 is 0 Å². The third-order valence-electron chi connectivity index (χ3n) is 20.9. The van der Waals surface area contributed by atoms with Crippen LogP contribution in [0.4, 0.5) is 93.6 Å². The molecule has 0 spiro atoms. The maximum absolute atomic E-state index is 6.23. The molecule has 0 saturated carbocycles. The molecule has 6 aromatic heterocycles. The minimum absolute atomic E-state index is 0.115. The van der Waals surface area contributed by atoms with Gasteiger partial charge in [-0.2, -0.15) is 89.7 Å². The predicted octanol–water partition coefficient (Wildman–Crippen LogP) is 27.2. The molecule has 12 aromatic carbocycles. The molecule has 18 rings (SSSR count). The van der Waals surface area contributed by atoms with E-state index in [4.69, 9.17) is 108 Å². The molecule has 0 radical (unpaired) electrons. The fraction of sp³-hybridized carbons (Fsp3) is 0.143. The van der Waals surface area contributed by atoms with Crippen LogP contribution in [-0.4, -0.2) is 118 Å². The van der Waals surface area contributed by atoms with Crippen LogP contribution < -0.4 is 63.5 Å². The number of aromatic nitrogens is 18. The maximum atomic E-state index is 6.23. The smallest absolute Gasteiger partial charge is 0.232 e. The summed E-state index contributed by atoms with van der Waals surface area (Å²) in [4.78, 5) is 79.4. The van der Waals surface area contributed by atoms with Gasteiger partial charge in [-0.1, -0.05) is 206 Å². The largest absolute Gasteiger partial charge is 0.497 e. The van der Waals surface area contributed by atoms with Crippen LogP contribution in [0.1, 0.15) is 62.6 Å². The average molecular weight is 2110 g/mol. The van der Waals surface area contributed by atoms with Gasteiger partial charge in [0.2, 0.25) is 70.1 Å². The van der Waals surface area contributed by atoms with E-state index < -0.39 is 0 Å². The third kappa shape index (κ3) is 30.9. The Morgan fingerprint density at radius 2 is 0.566 bits per heavy atom. The molecule has 0 saturated heterocycles. The van der Waals surface area contributed by atoms with Crippen molar-refractivity contribution >= 4 is 191 Å². The Morgan fingerprint density at radius 3 is 0.874 bits per heavy atom. The van der Waals surface area contributed by atoms with E-state index in [1.807, 2.05) is 293 Å². The first-order valence-electron chi connectivity index (χ1n) is 44.2. The van der Waals surface area contributed by atoms with Crippen molar-refractivity contribution in [1.29, 1.82) is 0 Å². The second kappa shape index (κ2) is 49.8. The summed E-state index contributed by atoms with van der Waals surface area (Å²) in [6.45, 7) is 20.2.